The molecular formula is C13H29NO3. The van der Waals surface area contributed by atoms with Gasteiger partial charge < -0.3 is 14.8 Å². The van der Waals surface area contributed by atoms with Gasteiger partial charge in [-0.25, -0.2) is 0 Å². The monoisotopic (exact) mass is 247 g/mol. The highest BCUT2D eigenvalue weighted by atomic mass is 16.7. The Hall–Kier alpha value is -0.610. The van der Waals surface area contributed by atoms with Gasteiger partial charge in [-0.15, -0.1) is 0 Å². The Morgan fingerprint density at radius 3 is 2.06 bits per heavy atom. The summed E-state index contributed by atoms with van der Waals surface area (Å²) in [6, 6.07) is 0. The average Bonchev–Trinajstić information content (AvgIpc) is 2.34. The zero-order chi connectivity index (χ0) is 13.7. The van der Waals surface area contributed by atoms with Crippen molar-refractivity contribution < 1.29 is 14.3 Å². The van der Waals surface area contributed by atoms with Gasteiger partial charge in [0.05, 0.1) is 13.2 Å². The van der Waals surface area contributed by atoms with Crippen molar-refractivity contribution in [2.75, 3.05) is 13.2 Å². The number of carbonyl (C=O) groups is 1. The molecule has 4 nitrogen and oxygen atoms in total. The van der Waals surface area contributed by atoms with Gasteiger partial charge in [0.2, 0.25) is 6.41 Å². The minimum absolute atomic E-state index is 0.170. The van der Waals surface area contributed by atoms with Gasteiger partial charge in [0.1, 0.15) is 0 Å². The van der Waals surface area contributed by atoms with Gasteiger partial charge >= 0.3 is 0 Å². The Morgan fingerprint density at radius 1 is 1.18 bits per heavy atom. The second-order valence-corrected chi connectivity index (χ2v) is 3.87. The normalized spacial score (nSPS) is 15.9. The van der Waals surface area contributed by atoms with Crippen molar-refractivity contribution in [1.82, 2.24) is 5.32 Å². The smallest absolute Gasteiger partial charge is 0.207 e. The van der Waals surface area contributed by atoms with E-state index in [1.165, 1.54) is 0 Å². The van der Waals surface area contributed by atoms with Crippen molar-refractivity contribution in [1.29, 1.82) is 0 Å². The van der Waals surface area contributed by atoms with E-state index in [9.17, 15) is 4.79 Å². The van der Waals surface area contributed by atoms with Crippen LogP contribution in [0.5, 0.6) is 0 Å². The summed E-state index contributed by atoms with van der Waals surface area (Å²) < 4.78 is 10.8. The lowest BCUT2D eigenvalue weighted by molar-refractivity contribution is -0.187. The van der Waals surface area contributed by atoms with Crippen molar-refractivity contribution in [2.24, 2.45) is 0 Å². The van der Waals surface area contributed by atoms with Crippen LogP contribution < -0.4 is 5.32 Å². The van der Waals surface area contributed by atoms with E-state index >= 15 is 0 Å². The number of amides is 1. The fourth-order valence-electron chi connectivity index (χ4n) is 1.29. The third-order valence-corrected chi connectivity index (χ3v) is 2.02. The Balaban J connectivity index is 0. The summed E-state index contributed by atoms with van der Waals surface area (Å²) in [4.78, 5) is 10.3. The van der Waals surface area contributed by atoms with E-state index in [0.717, 1.165) is 19.6 Å². The number of hydrogen-bond donors (Lipinski definition) is 1. The van der Waals surface area contributed by atoms with Crippen LogP contribution in [0.1, 0.15) is 54.4 Å². The van der Waals surface area contributed by atoms with Crippen LogP contribution in [0.25, 0.3) is 0 Å². The first kappa shape index (κ1) is 18.7. The van der Waals surface area contributed by atoms with Gasteiger partial charge in [0, 0.05) is 12.0 Å². The van der Waals surface area contributed by atoms with Crippen LogP contribution in [0.4, 0.5) is 0 Å². The summed E-state index contributed by atoms with van der Waals surface area (Å²) >= 11 is 0. The first-order chi connectivity index (χ1) is 8.14. The van der Waals surface area contributed by atoms with Gasteiger partial charge in [-0.3, -0.25) is 4.79 Å². The molecule has 0 spiro atoms. The first-order valence-electron chi connectivity index (χ1n) is 6.58. The third kappa shape index (κ3) is 10.3. The molecule has 104 valence electrons. The van der Waals surface area contributed by atoms with E-state index < -0.39 is 0 Å². The number of hydrogen-bond acceptors (Lipinski definition) is 3. The summed E-state index contributed by atoms with van der Waals surface area (Å²) in [5.41, 5.74) is -0.260. The van der Waals surface area contributed by atoms with Gasteiger partial charge in [-0.05, 0) is 20.3 Å². The van der Waals surface area contributed by atoms with E-state index in [0.29, 0.717) is 12.8 Å². The van der Waals surface area contributed by atoms with Gasteiger partial charge in [-0.2, -0.15) is 0 Å². The molecule has 17 heavy (non-hydrogen) atoms. The van der Waals surface area contributed by atoms with E-state index in [2.05, 4.69) is 5.32 Å². The Labute approximate surface area is 106 Å². The average molecular weight is 247 g/mol. The molecule has 1 rings (SSSR count). The molecule has 1 N–H and O–H groups in total. The molecule has 0 radical (unpaired) electrons. The number of rotatable bonds is 4. The predicted octanol–water partition coefficient (Wildman–Crippen LogP) is 2.72. The molecule has 1 saturated heterocycles. The van der Waals surface area contributed by atoms with Crippen LogP contribution in [0.15, 0.2) is 0 Å². The Morgan fingerprint density at radius 2 is 1.65 bits per heavy atom. The molecule has 0 aromatic rings. The minimum Gasteiger partial charge on any atom is -0.354 e. The standard InChI is InChI=1S/C9H17NO3.2C2H6/c1-9(2,10-7-11)6-8-12-4-3-5-13-8;2*1-2/h7-8H,3-6H2,1-2H3,(H,10,11);2*1-2H3. The van der Waals surface area contributed by atoms with Crippen LogP contribution in [0.2, 0.25) is 0 Å². The maximum Gasteiger partial charge on any atom is 0.207 e. The molecule has 1 amide bonds. The lowest BCUT2D eigenvalue weighted by Crippen LogP contribution is -2.43. The van der Waals surface area contributed by atoms with Crippen LogP contribution in [0.3, 0.4) is 0 Å². The van der Waals surface area contributed by atoms with Crippen molar-refractivity contribution in [2.45, 2.75) is 66.2 Å². The van der Waals surface area contributed by atoms with Crippen molar-refractivity contribution in [3.8, 4) is 0 Å². The molecule has 0 saturated carbocycles. The number of ether oxygens (including phenoxy) is 2. The zero-order valence-corrected chi connectivity index (χ0v) is 12.2. The minimum atomic E-state index is -0.260. The Kier molecular flexibility index (Phi) is 13.1. The molecule has 1 fully saturated rings. The third-order valence-electron chi connectivity index (χ3n) is 2.02. The quantitative estimate of drug-likeness (QED) is 0.777. The molecule has 1 aliphatic rings. The molecule has 0 aromatic carbocycles. The van der Waals surface area contributed by atoms with Crippen molar-refractivity contribution >= 4 is 6.41 Å². The maximum atomic E-state index is 10.3. The molecule has 0 aliphatic carbocycles. The zero-order valence-electron chi connectivity index (χ0n) is 12.2. The van der Waals surface area contributed by atoms with E-state index in [-0.39, 0.29) is 11.8 Å². The molecule has 0 bridgehead atoms. The van der Waals surface area contributed by atoms with E-state index in [1.54, 1.807) is 0 Å². The molecule has 0 atom stereocenters. The fourth-order valence-corrected chi connectivity index (χ4v) is 1.29. The maximum absolute atomic E-state index is 10.3. The first-order valence-corrected chi connectivity index (χ1v) is 6.58. The van der Waals surface area contributed by atoms with Gasteiger partial charge in [0.25, 0.3) is 0 Å². The number of carbonyl (C=O) groups excluding carboxylic acids is 1. The second-order valence-electron chi connectivity index (χ2n) is 3.87. The molecule has 0 aromatic heterocycles. The molecule has 4 heteroatoms. The summed E-state index contributed by atoms with van der Waals surface area (Å²) in [6.07, 6.45) is 2.18. The van der Waals surface area contributed by atoms with Crippen LogP contribution >= 0.6 is 0 Å². The lowest BCUT2D eigenvalue weighted by Gasteiger charge is -2.31. The summed E-state index contributed by atoms with van der Waals surface area (Å²) in [5, 5.41) is 2.73. The molecule has 1 heterocycles. The topological polar surface area (TPSA) is 47.6 Å². The fraction of sp³-hybridized carbons (Fsp3) is 0.923. The summed E-state index contributed by atoms with van der Waals surface area (Å²) in [5.74, 6) is 0. The molecular weight excluding hydrogens is 218 g/mol. The van der Waals surface area contributed by atoms with Crippen LogP contribution in [-0.2, 0) is 14.3 Å². The van der Waals surface area contributed by atoms with E-state index in [4.69, 9.17) is 9.47 Å². The highest BCUT2D eigenvalue weighted by Crippen LogP contribution is 2.17. The predicted molar refractivity (Wildman–Crippen MR) is 70.9 cm³/mol. The highest BCUT2D eigenvalue weighted by Gasteiger charge is 2.25. The SMILES string of the molecule is CC.CC.CC(C)(CC1OCCCO1)NC=O. The lowest BCUT2D eigenvalue weighted by atomic mass is 10.0. The van der Waals surface area contributed by atoms with Gasteiger partial charge in [0.15, 0.2) is 6.29 Å². The molecule has 1 aliphatic heterocycles. The summed E-state index contributed by atoms with van der Waals surface area (Å²) in [7, 11) is 0. The van der Waals surface area contributed by atoms with Crippen molar-refractivity contribution in [3.63, 3.8) is 0 Å². The van der Waals surface area contributed by atoms with E-state index in [1.807, 2.05) is 41.5 Å². The van der Waals surface area contributed by atoms with Crippen LogP contribution in [0, 0.1) is 0 Å². The molecule has 0 unspecified atom stereocenters. The second kappa shape index (κ2) is 11.9. The van der Waals surface area contributed by atoms with Crippen LogP contribution in [-0.4, -0.2) is 31.5 Å². The van der Waals surface area contributed by atoms with Gasteiger partial charge in [-0.1, -0.05) is 27.7 Å². The Bertz CT molecular complexity index is 166. The van der Waals surface area contributed by atoms with Crippen molar-refractivity contribution in [3.05, 3.63) is 0 Å². The number of nitrogens with one attached hydrogen (secondary N) is 1. The summed E-state index contributed by atoms with van der Waals surface area (Å²) in [6.45, 7) is 13.4. The largest absolute Gasteiger partial charge is 0.354 e. The highest BCUT2D eigenvalue weighted by molar-refractivity contribution is 5.47.